The van der Waals surface area contributed by atoms with E-state index in [0.29, 0.717) is 47.7 Å². The fourth-order valence-corrected chi connectivity index (χ4v) is 6.91. The van der Waals surface area contributed by atoms with Crippen molar-refractivity contribution in [1.29, 1.82) is 0 Å². The summed E-state index contributed by atoms with van der Waals surface area (Å²) in [6, 6.07) is 24.3. The minimum Gasteiger partial charge on any atom is -0.510 e. The first-order chi connectivity index (χ1) is 23.1. The van der Waals surface area contributed by atoms with E-state index in [0.717, 1.165) is 16.8 Å². The molecule has 7 rings (SSSR count). The Morgan fingerprint density at radius 2 is 1.77 bits per heavy atom. The number of nitrogens with one attached hydrogen (secondary N) is 1. The van der Waals surface area contributed by atoms with E-state index in [1.165, 1.54) is 11.0 Å². The van der Waals surface area contributed by atoms with Crippen LogP contribution in [0.4, 0.5) is 4.39 Å². The first kappa shape index (κ1) is 31.2. The van der Waals surface area contributed by atoms with Crippen molar-refractivity contribution in [1.82, 2.24) is 20.0 Å². The van der Waals surface area contributed by atoms with E-state index in [4.69, 9.17) is 4.74 Å². The number of aliphatic hydroxyl groups excluding tert-OH is 1. The van der Waals surface area contributed by atoms with E-state index in [1.54, 1.807) is 29.9 Å². The molecule has 0 radical (unpaired) electrons. The SMILES string of the molecule is Cn1nc(C(=O)N2C3=CCCC(O)=C3NC3=C(C(=O)CC(C)(C)C3)C2c2ccc(OCc3ccccc3)cc2F)cc1-c1ccccc1. The predicted molar refractivity (Wildman–Crippen MR) is 180 cm³/mol. The lowest BCUT2D eigenvalue weighted by Gasteiger charge is -2.37. The Hall–Kier alpha value is -5.44. The Balaban J connectivity index is 1.38. The molecule has 1 aromatic heterocycles. The number of allylic oxidation sites excluding steroid dienone is 3. The van der Waals surface area contributed by atoms with Crippen LogP contribution in [0, 0.1) is 11.2 Å². The van der Waals surface area contributed by atoms with Crippen LogP contribution in [0.25, 0.3) is 11.3 Å². The summed E-state index contributed by atoms with van der Waals surface area (Å²) in [6.07, 6.45) is 3.37. The monoisotopic (exact) mass is 644 g/mol. The van der Waals surface area contributed by atoms with Crippen molar-refractivity contribution in [3.05, 3.63) is 142 Å². The number of halogens is 1. The van der Waals surface area contributed by atoms with Crippen LogP contribution in [-0.4, -0.2) is 31.5 Å². The van der Waals surface area contributed by atoms with Gasteiger partial charge in [0.15, 0.2) is 11.5 Å². The summed E-state index contributed by atoms with van der Waals surface area (Å²) in [5.41, 5.74) is 4.01. The maximum Gasteiger partial charge on any atom is 0.279 e. The van der Waals surface area contributed by atoms with Crippen LogP contribution in [0.5, 0.6) is 5.75 Å². The Kier molecular flexibility index (Phi) is 7.99. The molecule has 1 unspecified atom stereocenters. The number of carbonyl (C=O) groups is 2. The fourth-order valence-electron chi connectivity index (χ4n) is 6.91. The van der Waals surface area contributed by atoms with Crippen molar-refractivity contribution < 1.29 is 23.8 Å². The van der Waals surface area contributed by atoms with E-state index in [9.17, 15) is 14.7 Å². The van der Waals surface area contributed by atoms with Gasteiger partial charge in [0.05, 0.1) is 17.4 Å². The maximum atomic E-state index is 16.5. The summed E-state index contributed by atoms with van der Waals surface area (Å²) in [4.78, 5) is 30.4. The minimum absolute atomic E-state index is 0.0738. The highest BCUT2D eigenvalue weighted by molar-refractivity contribution is 6.02. The molecule has 0 spiro atoms. The smallest absolute Gasteiger partial charge is 0.279 e. The molecule has 244 valence electrons. The lowest BCUT2D eigenvalue weighted by molar-refractivity contribution is -0.118. The van der Waals surface area contributed by atoms with Gasteiger partial charge in [0.25, 0.3) is 5.91 Å². The summed E-state index contributed by atoms with van der Waals surface area (Å²) >= 11 is 0. The Bertz CT molecular complexity index is 2010. The Morgan fingerprint density at radius 3 is 2.50 bits per heavy atom. The number of aromatic nitrogens is 2. The molecule has 0 bridgehead atoms. The van der Waals surface area contributed by atoms with E-state index in [-0.39, 0.29) is 41.2 Å². The van der Waals surface area contributed by atoms with Crippen LogP contribution < -0.4 is 10.1 Å². The van der Waals surface area contributed by atoms with Gasteiger partial charge in [0.1, 0.15) is 29.6 Å². The van der Waals surface area contributed by atoms with E-state index < -0.39 is 17.8 Å². The van der Waals surface area contributed by atoms with Gasteiger partial charge in [0.2, 0.25) is 0 Å². The van der Waals surface area contributed by atoms with Gasteiger partial charge in [-0.1, -0.05) is 80.6 Å². The number of ketones is 1. The molecule has 2 heterocycles. The number of benzene rings is 3. The average molecular weight is 645 g/mol. The fraction of sp³-hybridized carbons (Fsp3) is 0.256. The molecular weight excluding hydrogens is 607 g/mol. The van der Waals surface area contributed by atoms with Crippen LogP contribution in [0.15, 0.2) is 119 Å². The van der Waals surface area contributed by atoms with E-state index >= 15 is 4.39 Å². The maximum absolute atomic E-state index is 16.5. The number of hydrogen-bond acceptors (Lipinski definition) is 6. The lowest BCUT2D eigenvalue weighted by atomic mass is 9.73. The highest BCUT2D eigenvalue weighted by Crippen LogP contribution is 2.48. The van der Waals surface area contributed by atoms with Gasteiger partial charge in [-0.15, -0.1) is 0 Å². The lowest BCUT2D eigenvalue weighted by Crippen LogP contribution is -2.39. The molecule has 8 nitrogen and oxygen atoms in total. The van der Waals surface area contributed by atoms with Gasteiger partial charge in [0, 0.05) is 42.8 Å². The Morgan fingerprint density at radius 1 is 1.04 bits per heavy atom. The molecule has 3 aromatic carbocycles. The average Bonchev–Trinajstić information content (AvgIpc) is 3.39. The second kappa shape index (κ2) is 12.3. The normalized spacial score (nSPS) is 18.8. The van der Waals surface area contributed by atoms with Crippen LogP contribution in [0.3, 0.4) is 0 Å². The summed E-state index contributed by atoms with van der Waals surface area (Å²) in [7, 11) is 1.76. The summed E-state index contributed by atoms with van der Waals surface area (Å²) < 4.78 is 24.0. The van der Waals surface area contributed by atoms with Crippen molar-refractivity contribution in [2.75, 3.05) is 0 Å². The number of ether oxygens (including phenoxy) is 1. The molecule has 1 amide bonds. The van der Waals surface area contributed by atoms with E-state index in [2.05, 4.69) is 10.4 Å². The molecule has 0 fully saturated rings. The number of amides is 1. The van der Waals surface area contributed by atoms with E-state index in [1.807, 2.05) is 80.6 Å². The number of aryl methyl sites for hydroxylation is 1. The highest BCUT2D eigenvalue weighted by Gasteiger charge is 2.46. The van der Waals surface area contributed by atoms with Crippen molar-refractivity contribution >= 4 is 11.7 Å². The standard InChI is InChI=1S/C39H37FN4O4/c1-39(2)21-30-35(34(46)22-39)37(27-18-17-26(19-28(27)40)48-23-24-11-6-4-7-12-24)44(31-15-10-16-33(45)36(31)41-30)38(47)29-20-32(43(3)42-29)25-13-8-5-9-14-25/h4-9,11-15,17-20,37,41,45H,10,16,21-23H2,1-3H3. The first-order valence-electron chi connectivity index (χ1n) is 16.1. The van der Waals surface area contributed by atoms with Gasteiger partial charge in [-0.3, -0.25) is 19.2 Å². The van der Waals surface area contributed by atoms with Crippen molar-refractivity contribution in [2.24, 2.45) is 12.5 Å². The van der Waals surface area contributed by atoms with Gasteiger partial charge < -0.3 is 15.2 Å². The van der Waals surface area contributed by atoms with Crippen molar-refractivity contribution in [3.63, 3.8) is 0 Å². The van der Waals surface area contributed by atoms with Gasteiger partial charge in [-0.2, -0.15) is 5.10 Å². The zero-order chi connectivity index (χ0) is 33.6. The second-order valence-corrected chi connectivity index (χ2v) is 13.3. The zero-order valence-corrected chi connectivity index (χ0v) is 27.2. The predicted octanol–water partition coefficient (Wildman–Crippen LogP) is 7.68. The molecule has 2 N–H and O–H groups in total. The molecule has 0 saturated heterocycles. The summed E-state index contributed by atoms with van der Waals surface area (Å²) in [6.45, 7) is 4.26. The molecule has 2 aliphatic carbocycles. The minimum atomic E-state index is -1.14. The quantitative estimate of drug-likeness (QED) is 0.224. The van der Waals surface area contributed by atoms with Crippen LogP contribution >= 0.6 is 0 Å². The van der Waals surface area contributed by atoms with Crippen LogP contribution in [0.1, 0.15) is 67.2 Å². The molecule has 48 heavy (non-hydrogen) atoms. The van der Waals surface area contributed by atoms with Gasteiger partial charge in [-0.25, -0.2) is 4.39 Å². The molecule has 0 saturated carbocycles. The molecule has 4 aromatic rings. The second-order valence-electron chi connectivity index (χ2n) is 13.3. The third kappa shape index (κ3) is 5.81. The number of fused-ring (bicyclic) bond motifs is 1. The van der Waals surface area contributed by atoms with Crippen LogP contribution in [0.2, 0.25) is 0 Å². The van der Waals surface area contributed by atoms with Crippen molar-refractivity contribution in [3.8, 4) is 17.0 Å². The Labute approximate surface area is 278 Å². The topological polar surface area (TPSA) is 96.7 Å². The zero-order valence-electron chi connectivity index (χ0n) is 27.2. The third-order valence-electron chi connectivity index (χ3n) is 9.15. The largest absolute Gasteiger partial charge is 0.510 e. The number of hydrogen-bond donors (Lipinski definition) is 2. The molecule has 9 heteroatoms. The number of nitrogens with zero attached hydrogens (tertiary/aromatic N) is 3. The molecule has 3 aliphatic rings. The first-order valence-corrected chi connectivity index (χ1v) is 16.1. The molecular formula is C39H37FN4O4. The number of rotatable bonds is 6. The van der Waals surface area contributed by atoms with Crippen LogP contribution in [-0.2, 0) is 18.4 Å². The molecule has 1 aliphatic heterocycles. The van der Waals surface area contributed by atoms with Crippen molar-refractivity contribution in [2.45, 2.75) is 52.2 Å². The van der Waals surface area contributed by atoms with Gasteiger partial charge >= 0.3 is 0 Å². The van der Waals surface area contributed by atoms with Gasteiger partial charge in [-0.05, 0) is 47.6 Å². The summed E-state index contributed by atoms with van der Waals surface area (Å²) in [5.74, 6) is -0.932. The summed E-state index contributed by atoms with van der Waals surface area (Å²) in [5, 5.41) is 19.2. The number of aliphatic hydroxyl groups is 1. The highest BCUT2D eigenvalue weighted by atomic mass is 19.1. The molecule has 1 atom stereocenters. The number of Topliss-reactive ketones (excluding diaryl/α,β-unsaturated/α-hetero) is 1. The number of carbonyl (C=O) groups excluding carboxylic acids is 2. The third-order valence-corrected chi connectivity index (χ3v) is 9.15.